The lowest BCUT2D eigenvalue weighted by Crippen LogP contribution is -2.01. The number of rotatable bonds is 3. The number of nitrogens with zero attached hydrogens (tertiary/aromatic N) is 3. The third kappa shape index (κ3) is 2.29. The van der Waals surface area contributed by atoms with Crippen LogP contribution in [0.15, 0.2) is 42.6 Å². The highest BCUT2D eigenvalue weighted by Gasteiger charge is 2.09. The summed E-state index contributed by atoms with van der Waals surface area (Å²) in [5, 5.41) is 5.67. The van der Waals surface area contributed by atoms with Crippen LogP contribution in [0.3, 0.4) is 0 Å². The molecule has 20 heavy (non-hydrogen) atoms. The molecule has 0 aliphatic carbocycles. The van der Waals surface area contributed by atoms with Crippen molar-refractivity contribution in [2.24, 2.45) is 0 Å². The molecule has 0 unspecified atom stereocenters. The van der Waals surface area contributed by atoms with Gasteiger partial charge in [0.05, 0.1) is 11.2 Å². The van der Waals surface area contributed by atoms with E-state index in [-0.39, 0.29) is 0 Å². The second kappa shape index (κ2) is 5.25. The second-order valence-corrected chi connectivity index (χ2v) is 5.40. The van der Waals surface area contributed by atoms with Crippen molar-refractivity contribution in [2.45, 2.75) is 25.6 Å². The van der Waals surface area contributed by atoms with Gasteiger partial charge in [0, 0.05) is 17.5 Å². The highest BCUT2D eigenvalue weighted by Crippen LogP contribution is 2.22. The van der Waals surface area contributed by atoms with Gasteiger partial charge in [-0.1, -0.05) is 32.0 Å². The van der Waals surface area contributed by atoms with Gasteiger partial charge >= 0.3 is 0 Å². The van der Waals surface area contributed by atoms with Crippen LogP contribution in [0.1, 0.15) is 31.0 Å². The van der Waals surface area contributed by atoms with Gasteiger partial charge in [-0.2, -0.15) is 5.10 Å². The summed E-state index contributed by atoms with van der Waals surface area (Å²) in [6, 6.07) is 12.1. The van der Waals surface area contributed by atoms with Gasteiger partial charge in [0.15, 0.2) is 5.82 Å². The summed E-state index contributed by atoms with van der Waals surface area (Å²) in [6.45, 7) is 4.26. The topological polar surface area (TPSA) is 30.7 Å². The average molecular weight is 286 g/mol. The Morgan fingerprint density at radius 3 is 2.70 bits per heavy atom. The molecule has 0 aliphatic heterocycles. The fraction of sp³-hybridized carbons (Fsp3) is 0.250. The van der Waals surface area contributed by atoms with Gasteiger partial charge in [-0.15, -0.1) is 11.6 Å². The van der Waals surface area contributed by atoms with Gasteiger partial charge in [0.1, 0.15) is 0 Å². The van der Waals surface area contributed by atoms with E-state index in [1.807, 2.05) is 47.3 Å². The molecule has 0 bridgehead atoms. The molecule has 3 rings (SSSR count). The molecule has 2 aromatic heterocycles. The largest absolute Gasteiger partial charge is 0.229 e. The maximum atomic E-state index is 6.06. The molecule has 0 spiro atoms. The molecule has 0 aliphatic rings. The van der Waals surface area contributed by atoms with Gasteiger partial charge in [-0.3, -0.25) is 0 Å². The number of hydrogen-bond acceptors (Lipinski definition) is 2. The van der Waals surface area contributed by atoms with Gasteiger partial charge < -0.3 is 0 Å². The third-order valence-electron chi connectivity index (χ3n) is 3.37. The van der Waals surface area contributed by atoms with Crippen LogP contribution < -0.4 is 0 Å². The Bertz CT molecular complexity index is 746. The smallest absolute Gasteiger partial charge is 0.154 e. The first-order chi connectivity index (χ1) is 9.69. The Morgan fingerprint density at radius 2 is 2.00 bits per heavy atom. The average Bonchev–Trinajstić information content (AvgIpc) is 2.96. The maximum absolute atomic E-state index is 6.06. The van der Waals surface area contributed by atoms with Crippen LogP contribution >= 0.6 is 11.6 Å². The first-order valence-corrected chi connectivity index (χ1v) is 7.23. The fourth-order valence-corrected chi connectivity index (χ4v) is 2.45. The molecule has 4 heteroatoms. The Balaban J connectivity index is 2.15. The van der Waals surface area contributed by atoms with Crippen molar-refractivity contribution in [1.29, 1.82) is 0 Å². The third-order valence-corrected chi connectivity index (χ3v) is 3.66. The minimum atomic E-state index is 0.407. The number of pyridine rings is 1. The van der Waals surface area contributed by atoms with Crippen LogP contribution in [-0.4, -0.2) is 14.8 Å². The molecule has 102 valence electrons. The molecule has 3 aromatic rings. The summed E-state index contributed by atoms with van der Waals surface area (Å²) >= 11 is 6.06. The van der Waals surface area contributed by atoms with Crippen molar-refractivity contribution in [2.75, 3.05) is 0 Å². The standard InChI is InChI=1S/C16H16ClN3/c1-11(2)14-7-8-20(19-14)16-9-12(10-17)13-5-3-4-6-15(13)18-16/h3-9,11H,10H2,1-2H3. The Kier molecular flexibility index (Phi) is 3.45. The van der Waals surface area contributed by atoms with Gasteiger partial charge in [-0.25, -0.2) is 9.67 Å². The summed E-state index contributed by atoms with van der Waals surface area (Å²) < 4.78 is 1.82. The van der Waals surface area contributed by atoms with E-state index in [2.05, 4.69) is 23.9 Å². The molecule has 0 atom stereocenters. The molecule has 1 aromatic carbocycles. The van der Waals surface area contributed by atoms with E-state index in [0.29, 0.717) is 11.8 Å². The Hall–Kier alpha value is -1.87. The van der Waals surface area contributed by atoms with Gasteiger partial charge in [0.25, 0.3) is 0 Å². The van der Waals surface area contributed by atoms with Crippen molar-refractivity contribution in [3.8, 4) is 5.82 Å². The number of benzene rings is 1. The van der Waals surface area contributed by atoms with Crippen molar-refractivity contribution < 1.29 is 0 Å². The SMILES string of the molecule is CC(C)c1ccn(-c2cc(CCl)c3ccccc3n2)n1. The fourth-order valence-electron chi connectivity index (χ4n) is 2.23. The van der Waals surface area contributed by atoms with Gasteiger partial charge in [0.2, 0.25) is 0 Å². The summed E-state index contributed by atoms with van der Waals surface area (Å²) in [4.78, 5) is 4.67. The first kappa shape index (κ1) is 13.1. The second-order valence-electron chi connectivity index (χ2n) is 5.13. The van der Waals surface area contributed by atoms with E-state index >= 15 is 0 Å². The zero-order valence-electron chi connectivity index (χ0n) is 11.5. The molecule has 3 nitrogen and oxygen atoms in total. The Morgan fingerprint density at radius 1 is 1.20 bits per heavy atom. The van der Waals surface area contributed by atoms with Gasteiger partial charge in [-0.05, 0) is 29.7 Å². The molecule has 0 N–H and O–H groups in total. The molecule has 0 saturated carbocycles. The normalized spacial score (nSPS) is 11.4. The molecule has 0 fully saturated rings. The molecule has 0 radical (unpaired) electrons. The minimum absolute atomic E-state index is 0.407. The zero-order valence-corrected chi connectivity index (χ0v) is 12.3. The van der Waals surface area contributed by atoms with Crippen LogP contribution in [0.25, 0.3) is 16.7 Å². The van der Waals surface area contributed by atoms with Crippen LogP contribution in [0, 0.1) is 0 Å². The number of fused-ring (bicyclic) bond motifs is 1. The molecule has 0 amide bonds. The van der Waals surface area contributed by atoms with Crippen molar-refractivity contribution >= 4 is 22.5 Å². The molecule has 0 saturated heterocycles. The number of hydrogen-bond donors (Lipinski definition) is 0. The lowest BCUT2D eigenvalue weighted by atomic mass is 10.1. The van der Waals surface area contributed by atoms with Crippen LogP contribution in [0.5, 0.6) is 0 Å². The lowest BCUT2D eigenvalue weighted by Gasteiger charge is -2.07. The van der Waals surface area contributed by atoms with E-state index in [1.165, 1.54) is 0 Å². The predicted molar refractivity (Wildman–Crippen MR) is 82.5 cm³/mol. The van der Waals surface area contributed by atoms with E-state index < -0.39 is 0 Å². The summed E-state index contributed by atoms with van der Waals surface area (Å²) in [5.41, 5.74) is 3.09. The van der Waals surface area contributed by atoms with E-state index in [1.54, 1.807) is 0 Å². The summed E-state index contributed by atoms with van der Waals surface area (Å²) in [6.07, 6.45) is 1.95. The first-order valence-electron chi connectivity index (χ1n) is 6.69. The van der Waals surface area contributed by atoms with Crippen molar-refractivity contribution in [1.82, 2.24) is 14.8 Å². The van der Waals surface area contributed by atoms with E-state index in [0.717, 1.165) is 28.0 Å². The van der Waals surface area contributed by atoms with E-state index in [9.17, 15) is 0 Å². The number of halogens is 1. The predicted octanol–water partition coefficient (Wildman–Crippen LogP) is 4.28. The number of aromatic nitrogens is 3. The monoisotopic (exact) mass is 285 g/mol. The van der Waals surface area contributed by atoms with Crippen molar-refractivity contribution in [3.63, 3.8) is 0 Å². The summed E-state index contributed by atoms with van der Waals surface area (Å²) in [7, 11) is 0. The molecular weight excluding hydrogens is 270 g/mol. The van der Waals surface area contributed by atoms with Crippen molar-refractivity contribution in [3.05, 3.63) is 53.9 Å². The van der Waals surface area contributed by atoms with Crippen LogP contribution in [0.4, 0.5) is 0 Å². The highest BCUT2D eigenvalue weighted by atomic mass is 35.5. The number of para-hydroxylation sites is 1. The quantitative estimate of drug-likeness (QED) is 0.672. The lowest BCUT2D eigenvalue weighted by molar-refractivity contribution is 0.759. The molecular formula is C16H16ClN3. The van der Waals surface area contributed by atoms with E-state index in [4.69, 9.17) is 11.6 Å². The summed E-state index contributed by atoms with van der Waals surface area (Å²) in [5.74, 6) is 1.68. The highest BCUT2D eigenvalue weighted by molar-refractivity contribution is 6.18. The maximum Gasteiger partial charge on any atom is 0.154 e. The Labute approximate surface area is 123 Å². The number of alkyl halides is 1. The van der Waals surface area contributed by atoms with Crippen LogP contribution in [0.2, 0.25) is 0 Å². The zero-order chi connectivity index (χ0) is 14.1. The molecule has 2 heterocycles. The van der Waals surface area contributed by atoms with Crippen LogP contribution in [-0.2, 0) is 5.88 Å². The minimum Gasteiger partial charge on any atom is -0.229 e.